The van der Waals surface area contributed by atoms with Crippen LogP contribution in [0.15, 0.2) is 71.9 Å². The summed E-state index contributed by atoms with van der Waals surface area (Å²) in [5, 5.41) is 0. The SMILES string of the molecule is O=C(OC1CCC2=C(CCC(=O)N2Cc2ccccc2)C1)c1ccccc1. The molecular formula is C23H23NO3. The van der Waals surface area contributed by atoms with E-state index in [1.165, 1.54) is 5.57 Å². The number of hydrogen-bond acceptors (Lipinski definition) is 3. The average molecular weight is 361 g/mol. The molecule has 27 heavy (non-hydrogen) atoms. The minimum atomic E-state index is -0.266. The van der Waals surface area contributed by atoms with Crippen molar-refractivity contribution in [2.45, 2.75) is 44.8 Å². The highest BCUT2D eigenvalue weighted by Gasteiger charge is 2.32. The van der Waals surface area contributed by atoms with Gasteiger partial charge in [-0.15, -0.1) is 0 Å². The van der Waals surface area contributed by atoms with E-state index in [1.54, 1.807) is 12.1 Å². The van der Waals surface area contributed by atoms with Gasteiger partial charge in [-0.3, -0.25) is 4.79 Å². The quantitative estimate of drug-likeness (QED) is 0.755. The molecule has 1 unspecified atom stereocenters. The second-order valence-corrected chi connectivity index (χ2v) is 7.15. The number of esters is 1. The first-order valence-corrected chi connectivity index (χ1v) is 9.52. The van der Waals surface area contributed by atoms with E-state index in [0.29, 0.717) is 18.5 Å². The summed E-state index contributed by atoms with van der Waals surface area (Å²) in [6.07, 6.45) is 3.47. The first-order valence-electron chi connectivity index (χ1n) is 9.52. The maximum absolute atomic E-state index is 12.5. The van der Waals surface area contributed by atoms with Crippen LogP contribution in [0.1, 0.15) is 48.0 Å². The molecule has 0 fully saturated rings. The summed E-state index contributed by atoms with van der Waals surface area (Å²) in [5.41, 5.74) is 4.13. The van der Waals surface area contributed by atoms with Gasteiger partial charge in [0.15, 0.2) is 0 Å². The van der Waals surface area contributed by atoms with Gasteiger partial charge in [0.25, 0.3) is 0 Å². The van der Waals surface area contributed by atoms with Gasteiger partial charge in [-0.25, -0.2) is 4.79 Å². The molecule has 4 heteroatoms. The monoisotopic (exact) mass is 361 g/mol. The van der Waals surface area contributed by atoms with Crippen LogP contribution in [-0.2, 0) is 16.1 Å². The molecule has 2 aromatic carbocycles. The molecule has 4 nitrogen and oxygen atoms in total. The van der Waals surface area contributed by atoms with E-state index in [0.717, 1.165) is 36.9 Å². The molecule has 1 aliphatic carbocycles. The fraction of sp³-hybridized carbons (Fsp3) is 0.304. The lowest BCUT2D eigenvalue weighted by Gasteiger charge is -2.37. The molecule has 0 saturated carbocycles. The van der Waals surface area contributed by atoms with Crippen molar-refractivity contribution in [1.29, 1.82) is 0 Å². The number of ether oxygens (including phenoxy) is 1. The molecule has 0 spiro atoms. The molecule has 0 saturated heterocycles. The Hall–Kier alpha value is -2.88. The topological polar surface area (TPSA) is 46.6 Å². The van der Waals surface area contributed by atoms with E-state index >= 15 is 0 Å². The van der Waals surface area contributed by atoms with Gasteiger partial charge >= 0.3 is 5.97 Å². The lowest BCUT2D eigenvalue weighted by atomic mass is 9.87. The van der Waals surface area contributed by atoms with Gasteiger partial charge in [0.1, 0.15) is 6.10 Å². The molecule has 138 valence electrons. The number of nitrogens with zero attached hydrogens (tertiary/aromatic N) is 1. The highest BCUT2D eigenvalue weighted by Crippen LogP contribution is 2.36. The number of allylic oxidation sites excluding steroid dienone is 1. The van der Waals surface area contributed by atoms with Gasteiger partial charge in [0.2, 0.25) is 5.91 Å². The standard InChI is InChI=1S/C23H23NO3/c25-22-14-11-19-15-20(27-23(26)18-9-5-2-6-10-18)12-13-21(19)24(22)16-17-7-3-1-4-8-17/h1-10,20H,11-16H2. The molecule has 4 rings (SSSR count). The minimum Gasteiger partial charge on any atom is -0.458 e. The first kappa shape index (κ1) is 17.5. The molecule has 2 aliphatic rings. The van der Waals surface area contributed by atoms with Crippen LogP contribution in [0.3, 0.4) is 0 Å². The maximum Gasteiger partial charge on any atom is 0.338 e. The molecule has 0 radical (unpaired) electrons. The van der Waals surface area contributed by atoms with Gasteiger partial charge in [-0.05, 0) is 42.5 Å². The summed E-state index contributed by atoms with van der Waals surface area (Å²) < 4.78 is 5.73. The fourth-order valence-corrected chi connectivity index (χ4v) is 3.93. The van der Waals surface area contributed by atoms with Crippen molar-refractivity contribution in [3.63, 3.8) is 0 Å². The van der Waals surface area contributed by atoms with Gasteiger partial charge < -0.3 is 9.64 Å². The van der Waals surface area contributed by atoms with E-state index in [4.69, 9.17) is 4.74 Å². The zero-order valence-corrected chi connectivity index (χ0v) is 15.3. The molecule has 0 N–H and O–H groups in total. The van der Waals surface area contributed by atoms with Gasteiger partial charge in [-0.2, -0.15) is 0 Å². The van der Waals surface area contributed by atoms with Crippen LogP contribution in [0.5, 0.6) is 0 Å². The Kier molecular flexibility index (Phi) is 5.05. The summed E-state index contributed by atoms with van der Waals surface area (Å²) >= 11 is 0. The molecule has 1 heterocycles. The molecule has 0 bridgehead atoms. The third-order valence-corrected chi connectivity index (χ3v) is 5.32. The predicted molar refractivity (Wildman–Crippen MR) is 103 cm³/mol. The molecule has 2 aromatic rings. The first-order chi connectivity index (χ1) is 13.2. The molecule has 1 atom stereocenters. The smallest absolute Gasteiger partial charge is 0.338 e. The maximum atomic E-state index is 12.5. The van der Waals surface area contributed by atoms with E-state index < -0.39 is 0 Å². The van der Waals surface area contributed by atoms with Crippen LogP contribution < -0.4 is 0 Å². The zero-order valence-electron chi connectivity index (χ0n) is 15.3. The number of amides is 1. The van der Waals surface area contributed by atoms with Gasteiger partial charge in [0, 0.05) is 18.5 Å². The minimum absolute atomic E-state index is 0.108. The predicted octanol–water partition coefficient (Wildman–Crippen LogP) is 4.47. The van der Waals surface area contributed by atoms with Crippen LogP contribution in [0.25, 0.3) is 0 Å². The van der Waals surface area contributed by atoms with E-state index in [9.17, 15) is 9.59 Å². The summed E-state index contributed by atoms with van der Waals surface area (Å²) in [6.45, 7) is 0.618. The van der Waals surface area contributed by atoms with Crippen molar-refractivity contribution in [1.82, 2.24) is 4.90 Å². The Morgan fingerprint density at radius 3 is 2.41 bits per heavy atom. The van der Waals surface area contributed by atoms with Crippen LogP contribution in [0, 0.1) is 0 Å². The van der Waals surface area contributed by atoms with E-state index in [2.05, 4.69) is 12.1 Å². The molecular weight excluding hydrogens is 338 g/mol. The number of carbonyl (C=O) groups is 2. The molecule has 0 aromatic heterocycles. The third kappa shape index (κ3) is 3.95. The summed E-state index contributed by atoms with van der Waals surface area (Å²) in [4.78, 5) is 26.8. The van der Waals surface area contributed by atoms with Crippen LogP contribution >= 0.6 is 0 Å². The van der Waals surface area contributed by atoms with Crippen molar-refractivity contribution in [2.24, 2.45) is 0 Å². The number of benzene rings is 2. The summed E-state index contributed by atoms with van der Waals surface area (Å²) in [5.74, 6) is -0.0741. The Labute approximate surface area is 159 Å². The van der Waals surface area contributed by atoms with Crippen molar-refractivity contribution < 1.29 is 14.3 Å². The van der Waals surface area contributed by atoms with E-state index in [1.807, 2.05) is 41.3 Å². The van der Waals surface area contributed by atoms with Crippen LogP contribution in [0.2, 0.25) is 0 Å². The highest BCUT2D eigenvalue weighted by molar-refractivity contribution is 5.89. The third-order valence-electron chi connectivity index (χ3n) is 5.32. The Balaban J connectivity index is 1.46. The Morgan fingerprint density at radius 2 is 1.67 bits per heavy atom. The van der Waals surface area contributed by atoms with Crippen molar-refractivity contribution >= 4 is 11.9 Å². The van der Waals surface area contributed by atoms with Gasteiger partial charge in [-0.1, -0.05) is 48.5 Å². The number of hydrogen-bond donors (Lipinski definition) is 0. The molecule has 1 aliphatic heterocycles. The van der Waals surface area contributed by atoms with Crippen LogP contribution in [-0.4, -0.2) is 22.9 Å². The summed E-state index contributed by atoms with van der Waals surface area (Å²) in [7, 11) is 0. The lowest BCUT2D eigenvalue weighted by Crippen LogP contribution is -2.37. The molecule has 1 amide bonds. The normalized spacial score (nSPS) is 19.6. The second-order valence-electron chi connectivity index (χ2n) is 7.15. The number of rotatable bonds is 4. The van der Waals surface area contributed by atoms with Gasteiger partial charge in [0.05, 0.1) is 12.1 Å². The summed E-state index contributed by atoms with van der Waals surface area (Å²) in [6, 6.07) is 19.2. The van der Waals surface area contributed by atoms with Crippen molar-refractivity contribution in [3.8, 4) is 0 Å². The highest BCUT2D eigenvalue weighted by atomic mass is 16.5. The average Bonchev–Trinajstić information content (AvgIpc) is 2.71. The van der Waals surface area contributed by atoms with Crippen LogP contribution in [0.4, 0.5) is 0 Å². The number of carbonyl (C=O) groups excluding carboxylic acids is 2. The lowest BCUT2D eigenvalue weighted by molar-refractivity contribution is -0.131. The van der Waals surface area contributed by atoms with Crippen molar-refractivity contribution in [3.05, 3.63) is 83.1 Å². The second kappa shape index (κ2) is 7.78. The largest absolute Gasteiger partial charge is 0.458 e. The van der Waals surface area contributed by atoms with Crippen molar-refractivity contribution in [2.75, 3.05) is 0 Å². The Morgan fingerprint density at radius 1 is 0.963 bits per heavy atom. The van der Waals surface area contributed by atoms with E-state index in [-0.39, 0.29) is 18.0 Å². The fourth-order valence-electron chi connectivity index (χ4n) is 3.93. The Bertz CT molecular complexity index is 858. The zero-order chi connectivity index (χ0) is 18.6.